The number of rotatable bonds is 6. The molecule has 0 radical (unpaired) electrons. The third-order valence-electron chi connectivity index (χ3n) is 3.80. The second-order valence-corrected chi connectivity index (χ2v) is 6.41. The van der Waals surface area contributed by atoms with Crippen LogP contribution >= 0.6 is 11.3 Å². The van der Waals surface area contributed by atoms with Gasteiger partial charge >= 0.3 is 0 Å². The maximum Gasteiger partial charge on any atom is 0.264 e. The van der Waals surface area contributed by atoms with Gasteiger partial charge in [-0.05, 0) is 12.5 Å². The Morgan fingerprint density at radius 3 is 2.79 bits per heavy atom. The predicted molar refractivity (Wildman–Crippen MR) is 102 cm³/mol. The Hall–Kier alpha value is -2.44. The molecule has 2 aromatic heterocycles. The van der Waals surface area contributed by atoms with Crippen LogP contribution in [0.1, 0.15) is 5.56 Å². The molecular weight excluding hydrogens is 320 g/mol. The number of thiophene rings is 1. The van der Waals surface area contributed by atoms with E-state index in [0.717, 1.165) is 16.0 Å². The van der Waals surface area contributed by atoms with Gasteiger partial charge in [0.05, 0.1) is 5.39 Å². The zero-order chi connectivity index (χ0) is 17.1. The molecule has 3 aromatic rings. The smallest absolute Gasteiger partial charge is 0.264 e. The van der Waals surface area contributed by atoms with Crippen LogP contribution in [0.15, 0.2) is 47.1 Å². The topological polar surface area (TPSA) is 72.9 Å². The molecule has 0 spiro atoms. The highest BCUT2D eigenvalue weighted by Crippen LogP contribution is 2.31. The van der Waals surface area contributed by atoms with E-state index in [1.807, 2.05) is 36.6 Å². The second kappa shape index (κ2) is 6.98. The molecule has 24 heavy (non-hydrogen) atoms. The Balaban J connectivity index is 2.21. The first kappa shape index (κ1) is 16.4. The van der Waals surface area contributed by atoms with Crippen molar-refractivity contribution < 1.29 is 0 Å². The average molecular weight is 340 g/mol. The van der Waals surface area contributed by atoms with Crippen LogP contribution in [0, 0.1) is 6.92 Å². The molecule has 0 aliphatic carbocycles. The zero-order valence-electron chi connectivity index (χ0n) is 13.6. The number of aryl methyl sites for hydroxylation is 1. The highest BCUT2D eigenvalue weighted by atomic mass is 32.1. The lowest BCUT2D eigenvalue weighted by Crippen LogP contribution is -2.26. The fourth-order valence-electron chi connectivity index (χ4n) is 2.59. The molecule has 0 aliphatic heterocycles. The van der Waals surface area contributed by atoms with Gasteiger partial charge in [-0.2, -0.15) is 0 Å². The monoisotopic (exact) mass is 340 g/mol. The Morgan fingerprint density at radius 2 is 2.12 bits per heavy atom. The number of hydrogen-bond donors (Lipinski definition) is 2. The van der Waals surface area contributed by atoms with Crippen molar-refractivity contribution in [2.45, 2.75) is 13.5 Å². The normalized spacial score (nSPS) is 10.9. The van der Waals surface area contributed by atoms with Gasteiger partial charge in [0.15, 0.2) is 0 Å². The molecule has 3 rings (SSSR count). The van der Waals surface area contributed by atoms with Crippen molar-refractivity contribution in [3.8, 4) is 11.1 Å². The van der Waals surface area contributed by atoms with Crippen molar-refractivity contribution in [1.82, 2.24) is 9.55 Å². The summed E-state index contributed by atoms with van der Waals surface area (Å²) in [5.41, 5.74) is 8.63. The van der Waals surface area contributed by atoms with Gasteiger partial charge < -0.3 is 11.1 Å². The van der Waals surface area contributed by atoms with E-state index in [0.29, 0.717) is 31.0 Å². The van der Waals surface area contributed by atoms with Crippen molar-refractivity contribution in [1.29, 1.82) is 0 Å². The van der Waals surface area contributed by atoms with Gasteiger partial charge in [-0.15, -0.1) is 17.9 Å². The number of nitrogens with zero attached hydrogens (tertiary/aromatic N) is 2. The van der Waals surface area contributed by atoms with Gasteiger partial charge in [0, 0.05) is 30.6 Å². The molecule has 0 saturated heterocycles. The van der Waals surface area contributed by atoms with Crippen molar-refractivity contribution in [2.24, 2.45) is 5.73 Å². The first-order chi connectivity index (χ1) is 11.7. The molecule has 0 amide bonds. The number of nitrogens with two attached hydrogens (primary N) is 1. The summed E-state index contributed by atoms with van der Waals surface area (Å²) in [6, 6.07) is 8.17. The fourth-order valence-corrected chi connectivity index (χ4v) is 3.53. The van der Waals surface area contributed by atoms with Gasteiger partial charge in [-0.1, -0.05) is 35.9 Å². The number of nitrogens with one attached hydrogen (secondary N) is 1. The van der Waals surface area contributed by atoms with Crippen LogP contribution in [0.4, 0.5) is 5.95 Å². The standard InChI is InChI=1S/C18H20N4OS/c1-3-10-22-17(23)15-14(13-6-4-12(2)5-7-13)11-24-16(15)21-18(22)20-9-8-19/h3-7,11H,1,8-10,19H2,2H3,(H,20,21). The van der Waals surface area contributed by atoms with Gasteiger partial charge in [0.1, 0.15) is 4.83 Å². The zero-order valence-corrected chi connectivity index (χ0v) is 14.4. The maximum absolute atomic E-state index is 13.0. The number of fused-ring (bicyclic) bond motifs is 1. The Kier molecular flexibility index (Phi) is 4.78. The number of aromatic nitrogens is 2. The molecule has 1 aromatic carbocycles. The average Bonchev–Trinajstić information content (AvgIpc) is 3.00. The summed E-state index contributed by atoms with van der Waals surface area (Å²) in [6.07, 6.45) is 1.69. The summed E-state index contributed by atoms with van der Waals surface area (Å²) < 4.78 is 1.61. The molecule has 0 atom stereocenters. The van der Waals surface area contributed by atoms with Crippen molar-refractivity contribution in [3.05, 3.63) is 58.2 Å². The quantitative estimate of drug-likeness (QED) is 0.677. The number of hydrogen-bond acceptors (Lipinski definition) is 5. The molecule has 0 fully saturated rings. The molecular formula is C18H20N4OS. The van der Waals surface area contributed by atoms with Crippen molar-refractivity contribution >= 4 is 27.5 Å². The summed E-state index contributed by atoms with van der Waals surface area (Å²) in [7, 11) is 0. The fraction of sp³-hybridized carbons (Fsp3) is 0.222. The summed E-state index contributed by atoms with van der Waals surface area (Å²) in [5, 5.41) is 5.77. The summed E-state index contributed by atoms with van der Waals surface area (Å²) in [6.45, 7) is 7.22. The third-order valence-corrected chi connectivity index (χ3v) is 4.67. The minimum atomic E-state index is -0.0590. The Morgan fingerprint density at radius 1 is 1.38 bits per heavy atom. The van der Waals surface area contributed by atoms with E-state index in [9.17, 15) is 4.79 Å². The molecule has 0 unspecified atom stereocenters. The van der Waals surface area contributed by atoms with Crippen LogP contribution in [-0.2, 0) is 6.54 Å². The molecule has 0 bridgehead atoms. The summed E-state index contributed by atoms with van der Waals surface area (Å²) >= 11 is 1.48. The van der Waals surface area contributed by atoms with E-state index in [2.05, 4.69) is 16.9 Å². The van der Waals surface area contributed by atoms with Crippen LogP contribution in [-0.4, -0.2) is 22.6 Å². The summed E-state index contributed by atoms with van der Waals surface area (Å²) in [4.78, 5) is 18.4. The lowest BCUT2D eigenvalue weighted by molar-refractivity contribution is 0.770. The number of allylic oxidation sites excluding steroid dienone is 1. The van der Waals surface area contributed by atoms with Crippen molar-refractivity contribution in [3.63, 3.8) is 0 Å². The highest BCUT2D eigenvalue weighted by Gasteiger charge is 2.16. The van der Waals surface area contributed by atoms with E-state index >= 15 is 0 Å². The summed E-state index contributed by atoms with van der Waals surface area (Å²) in [5.74, 6) is 0.537. The third kappa shape index (κ3) is 2.98. The van der Waals surface area contributed by atoms with Gasteiger partial charge in [-0.25, -0.2) is 4.98 Å². The molecule has 0 saturated carbocycles. The molecule has 3 N–H and O–H groups in total. The van der Waals surface area contributed by atoms with Gasteiger partial charge in [0.25, 0.3) is 5.56 Å². The Bertz CT molecular complexity index is 925. The molecule has 2 heterocycles. The van der Waals surface area contributed by atoms with E-state index < -0.39 is 0 Å². The van der Waals surface area contributed by atoms with E-state index in [1.165, 1.54) is 16.9 Å². The molecule has 124 valence electrons. The second-order valence-electron chi connectivity index (χ2n) is 5.55. The highest BCUT2D eigenvalue weighted by molar-refractivity contribution is 7.17. The van der Waals surface area contributed by atoms with E-state index in [-0.39, 0.29) is 5.56 Å². The van der Waals surface area contributed by atoms with E-state index in [1.54, 1.807) is 10.6 Å². The largest absolute Gasteiger partial charge is 0.354 e. The van der Waals surface area contributed by atoms with Gasteiger partial charge in [0.2, 0.25) is 5.95 Å². The molecule has 6 heteroatoms. The molecule has 0 aliphatic rings. The first-order valence-electron chi connectivity index (χ1n) is 7.79. The van der Waals surface area contributed by atoms with Crippen molar-refractivity contribution in [2.75, 3.05) is 18.4 Å². The van der Waals surface area contributed by atoms with Gasteiger partial charge in [-0.3, -0.25) is 9.36 Å². The van der Waals surface area contributed by atoms with Crippen LogP contribution in [0.25, 0.3) is 21.3 Å². The first-order valence-corrected chi connectivity index (χ1v) is 8.67. The number of benzene rings is 1. The van der Waals surface area contributed by atoms with Crippen LogP contribution in [0.2, 0.25) is 0 Å². The lowest BCUT2D eigenvalue weighted by atomic mass is 10.1. The van der Waals surface area contributed by atoms with Crippen LogP contribution < -0.4 is 16.6 Å². The van der Waals surface area contributed by atoms with Crippen LogP contribution in [0.5, 0.6) is 0 Å². The minimum Gasteiger partial charge on any atom is -0.354 e. The SMILES string of the molecule is C=CCn1c(NCCN)nc2scc(-c3ccc(C)cc3)c2c1=O. The van der Waals surface area contributed by atoms with E-state index in [4.69, 9.17) is 5.73 Å². The Labute approximate surface area is 144 Å². The predicted octanol–water partition coefficient (Wildman–Crippen LogP) is 2.99. The minimum absolute atomic E-state index is 0.0590. The van der Waals surface area contributed by atoms with Crippen LogP contribution in [0.3, 0.4) is 0 Å². The maximum atomic E-state index is 13.0. The molecule has 5 nitrogen and oxygen atoms in total. The number of anilines is 1. The lowest BCUT2D eigenvalue weighted by Gasteiger charge is -2.12.